The summed E-state index contributed by atoms with van der Waals surface area (Å²) < 4.78 is 18.0. The molecule has 36 heavy (non-hydrogen) atoms. The quantitative estimate of drug-likeness (QED) is 0.458. The van der Waals surface area contributed by atoms with Gasteiger partial charge in [-0.05, 0) is 51.6 Å². The number of fused-ring (bicyclic) bond motifs is 1. The third-order valence-corrected chi connectivity index (χ3v) is 6.40. The van der Waals surface area contributed by atoms with Crippen LogP contribution in [-0.4, -0.2) is 83.7 Å². The number of hydrogen-bond donors (Lipinski definition) is 2. The van der Waals surface area contributed by atoms with Gasteiger partial charge in [0.05, 0.1) is 17.5 Å². The SMILES string of the molecule is CN(CCN(Cc1ccccn1)Cc1ccccn1)C/C(N)=C/NC[C@H]1OCC[C@H]2OC(C)(C)O[C@@H]12. The topological polar surface area (TPSA) is 98.0 Å². The van der Waals surface area contributed by atoms with Gasteiger partial charge in [0.1, 0.15) is 12.2 Å². The van der Waals surface area contributed by atoms with Gasteiger partial charge in [0, 0.05) is 70.2 Å². The van der Waals surface area contributed by atoms with E-state index >= 15 is 0 Å². The minimum Gasteiger partial charge on any atom is -0.400 e. The third-order valence-electron chi connectivity index (χ3n) is 6.40. The van der Waals surface area contributed by atoms with E-state index < -0.39 is 5.79 Å². The molecule has 9 heteroatoms. The molecule has 0 unspecified atom stereocenters. The number of likely N-dealkylation sites (N-methyl/N-ethyl adjacent to an activating group) is 1. The van der Waals surface area contributed by atoms with Crippen LogP contribution in [-0.2, 0) is 27.3 Å². The Kier molecular flexibility index (Phi) is 9.28. The van der Waals surface area contributed by atoms with Crippen molar-refractivity contribution in [1.82, 2.24) is 25.1 Å². The van der Waals surface area contributed by atoms with E-state index in [0.29, 0.717) is 19.7 Å². The van der Waals surface area contributed by atoms with E-state index in [-0.39, 0.29) is 18.3 Å². The average Bonchev–Trinajstić information content (AvgIpc) is 3.18. The van der Waals surface area contributed by atoms with Gasteiger partial charge in [-0.3, -0.25) is 19.8 Å². The molecule has 0 aliphatic carbocycles. The van der Waals surface area contributed by atoms with Gasteiger partial charge in [-0.2, -0.15) is 0 Å². The normalized spacial score (nSPS) is 23.7. The van der Waals surface area contributed by atoms with Crippen molar-refractivity contribution < 1.29 is 14.2 Å². The fourth-order valence-corrected chi connectivity index (χ4v) is 4.72. The van der Waals surface area contributed by atoms with Crippen LogP contribution in [0.1, 0.15) is 31.7 Å². The Morgan fingerprint density at radius 2 is 1.78 bits per heavy atom. The highest BCUT2D eigenvalue weighted by atomic mass is 16.8. The molecule has 2 fully saturated rings. The molecule has 3 atom stereocenters. The van der Waals surface area contributed by atoms with Crippen molar-refractivity contribution in [3.8, 4) is 0 Å². The van der Waals surface area contributed by atoms with Crippen LogP contribution in [0.15, 0.2) is 60.7 Å². The minimum absolute atomic E-state index is 0.0530. The smallest absolute Gasteiger partial charge is 0.163 e. The zero-order valence-corrected chi connectivity index (χ0v) is 21.7. The van der Waals surface area contributed by atoms with Gasteiger partial charge in [-0.1, -0.05) is 12.1 Å². The van der Waals surface area contributed by atoms with Gasteiger partial charge in [0.25, 0.3) is 0 Å². The highest BCUT2D eigenvalue weighted by Crippen LogP contribution is 2.34. The van der Waals surface area contributed by atoms with Crippen molar-refractivity contribution in [2.45, 2.75) is 57.5 Å². The summed E-state index contributed by atoms with van der Waals surface area (Å²) in [6, 6.07) is 12.1. The maximum atomic E-state index is 6.32. The summed E-state index contributed by atoms with van der Waals surface area (Å²) in [6.07, 6.45) is 6.40. The van der Waals surface area contributed by atoms with Gasteiger partial charge in [0.2, 0.25) is 0 Å². The Hall–Kier alpha value is -2.56. The van der Waals surface area contributed by atoms with Crippen LogP contribution in [0.25, 0.3) is 0 Å². The highest BCUT2D eigenvalue weighted by molar-refractivity contribution is 5.06. The van der Waals surface area contributed by atoms with Crippen LogP contribution >= 0.6 is 0 Å². The minimum atomic E-state index is -0.556. The largest absolute Gasteiger partial charge is 0.400 e. The lowest BCUT2D eigenvalue weighted by atomic mass is 10.0. The maximum Gasteiger partial charge on any atom is 0.163 e. The molecule has 4 heterocycles. The molecule has 0 aromatic carbocycles. The number of pyridine rings is 2. The van der Waals surface area contributed by atoms with E-state index in [1.54, 1.807) is 0 Å². The molecule has 196 valence electrons. The molecular weight excluding hydrogens is 456 g/mol. The van der Waals surface area contributed by atoms with Crippen LogP contribution in [0.4, 0.5) is 0 Å². The summed E-state index contributed by atoms with van der Waals surface area (Å²) >= 11 is 0. The van der Waals surface area contributed by atoms with Crippen molar-refractivity contribution in [1.29, 1.82) is 0 Å². The van der Waals surface area contributed by atoms with Crippen LogP contribution in [0.3, 0.4) is 0 Å². The van der Waals surface area contributed by atoms with Crippen molar-refractivity contribution in [3.63, 3.8) is 0 Å². The standard InChI is InChI=1S/C27H40N6O3/c1-27(2)35-24-10-15-34-25(26(24)36-27)17-29-16-21(28)18-32(3)13-14-33(19-22-8-4-6-11-30-22)20-23-9-5-7-12-31-23/h4-9,11-12,16,24-26,29H,10,13-15,17-20,28H2,1-3H3/b21-16-/t24-,25-,26-/m1/s1. The van der Waals surface area contributed by atoms with E-state index in [0.717, 1.165) is 49.7 Å². The summed E-state index contributed by atoms with van der Waals surface area (Å²) in [5.41, 5.74) is 9.19. The lowest BCUT2D eigenvalue weighted by molar-refractivity contribution is -0.153. The van der Waals surface area contributed by atoms with E-state index in [9.17, 15) is 0 Å². The van der Waals surface area contributed by atoms with Crippen LogP contribution in [0.2, 0.25) is 0 Å². The Morgan fingerprint density at radius 3 is 2.42 bits per heavy atom. The molecule has 0 amide bonds. The van der Waals surface area contributed by atoms with Crippen LogP contribution < -0.4 is 11.1 Å². The second-order valence-electron chi connectivity index (χ2n) is 10.1. The van der Waals surface area contributed by atoms with Gasteiger partial charge < -0.3 is 25.3 Å². The number of nitrogens with one attached hydrogen (secondary N) is 1. The first-order chi connectivity index (χ1) is 17.4. The molecule has 3 N–H and O–H groups in total. The number of nitrogens with zero attached hydrogens (tertiary/aromatic N) is 4. The zero-order chi connectivity index (χ0) is 25.4. The monoisotopic (exact) mass is 496 g/mol. The number of hydrogen-bond acceptors (Lipinski definition) is 9. The molecule has 2 saturated heterocycles. The van der Waals surface area contributed by atoms with E-state index in [1.807, 2.05) is 56.7 Å². The molecule has 2 aliphatic rings. The van der Waals surface area contributed by atoms with E-state index in [1.165, 1.54) is 0 Å². The number of rotatable bonds is 12. The third kappa shape index (κ3) is 7.97. The van der Waals surface area contributed by atoms with E-state index in [4.69, 9.17) is 19.9 Å². The first-order valence-electron chi connectivity index (χ1n) is 12.7. The Balaban J connectivity index is 1.23. The van der Waals surface area contributed by atoms with Crippen molar-refractivity contribution in [2.24, 2.45) is 5.73 Å². The fraction of sp³-hybridized carbons (Fsp3) is 0.556. The molecule has 0 radical (unpaired) electrons. The summed E-state index contributed by atoms with van der Waals surface area (Å²) in [5.74, 6) is -0.556. The van der Waals surface area contributed by atoms with Gasteiger partial charge in [-0.25, -0.2) is 0 Å². The predicted molar refractivity (Wildman–Crippen MR) is 139 cm³/mol. The first-order valence-corrected chi connectivity index (χ1v) is 12.7. The summed E-state index contributed by atoms with van der Waals surface area (Å²) in [4.78, 5) is 13.6. The molecule has 2 aromatic rings. The molecule has 2 aliphatic heterocycles. The molecule has 0 spiro atoms. The predicted octanol–water partition coefficient (Wildman–Crippen LogP) is 2.11. The molecule has 4 rings (SSSR count). The maximum absolute atomic E-state index is 6.32. The second-order valence-corrected chi connectivity index (χ2v) is 10.1. The van der Waals surface area contributed by atoms with Crippen molar-refractivity contribution in [2.75, 3.05) is 39.8 Å². The molecule has 9 nitrogen and oxygen atoms in total. The van der Waals surface area contributed by atoms with E-state index in [2.05, 4.69) is 44.3 Å². The molecule has 2 aromatic heterocycles. The Bertz CT molecular complexity index is 917. The molecule has 0 bridgehead atoms. The van der Waals surface area contributed by atoms with Gasteiger partial charge in [0.15, 0.2) is 5.79 Å². The first kappa shape index (κ1) is 26.5. The van der Waals surface area contributed by atoms with Crippen LogP contribution in [0, 0.1) is 0 Å². The highest BCUT2D eigenvalue weighted by Gasteiger charge is 2.47. The fourth-order valence-electron chi connectivity index (χ4n) is 4.72. The Labute approximate surface area is 214 Å². The lowest BCUT2D eigenvalue weighted by Gasteiger charge is -2.31. The van der Waals surface area contributed by atoms with Gasteiger partial charge >= 0.3 is 0 Å². The number of nitrogens with two attached hydrogens (primary N) is 1. The molecular formula is C27H40N6O3. The number of ether oxygens (including phenoxy) is 3. The Morgan fingerprint density at radius 1 is 1.08 bits per heavy atom. The molecule has 0 saturated carbocycles. The van der Waals surface area contributed by atoms with Gasteiger partial charge in [-0.15, -0.1) is 0 Å². The van der Waals surface area contributed by atoms with Crippen LogP contribution in [0.5, 0.6) is 0 Å². The summed E-state index contributed by atoms with van der Waals surface area (Å²) in [5, 5.41) is 3.33. The lowest BCUT2D eigenvalue weighted by Crippen LogP contribution is -2.47. The summed E-state index contributed by atoms with van der Waals surface area (Å²) in [6.45, 7) is 9.16. The average molecular weight is 497 g/mol. The second kappa shape index (κ2) is 12.6. The number of aromatic nitrogens is 2. The van der Waals surface area contributed by atoms with Crippen molar-refractivity contribution >= 4 is 0 Å². The van der Waals surface area contributed by atoms with Crippen molar-refractivity contribution in [3.05, 3.63) is 72.1 Å². The zero-order valence-electron chi connectivity index (χ0n) is 21.7. The summed E-state index contributed by atoms with van der Waals surface area (Å²) in [7, 11) is 2.08.